The Bertz CT molecular complexity index is 824. The van der Waals surface area contributed by atoms with Gasteiger partial charge in [0.25, 0.3) is 0 Å². The summed E-state index contributed by atoms with van der Waals surface area (Å²) in [6.07, 6.45) is 1.41. The fourth-order valence-electron chi connectivity index (χ4n) is 3.26. The van der Waals surface area contributed by atoms with Gasteiger partial charge < -0.3 is 10.2 Å². The summed E-state index contributed by atoms with van der Waals surface area (Å²) in [4.78, 5) is 32.3. The van der Waals surface area contributed by atoms with Crippen molar-refractivity contribution in [3.05, 3.63) is 33.6 Å². The molecule has 1 aliphatic rings. The molecular formula is C20H24BrN3O2S. The Morgan fingerprint density at radius 3 is 2.44 bits per heavy atom. The number of carbonyl (C=O) groups excluding carboxylic acids is 2. The van der Waals surface area contributed by atoms with Crippen molar-refractivity contribution < 1.29 is 9.59 Å². The second-order valence-corrected chi connectivity index (χ2v) is 9.29. The Morgan fingerprint density at radius 1 is 1.22 bits per heavy atom. The molecule has 3 rings (SSSR count). The van der Waals surface area contributed by atoms with Crippen LogP contribution in [0.3, 0.4) is 0 Å². The van der Waals surface area contributed by atoms with E-state index >= 15 is 0 Å². The summed E-state index contributed by atoms with van der Waals surface area (Å²) in [5.74, 6) is 0.110. The molecule has 1 aromatic heterocycles. The second kappa shape index (κ2) is 8.52. The number of nitrogens with zero attached hydrogens (tertiary/aromatic N) is 2. The van der Waals surface area contributed by atoms with E-state index in [2.05, 4.69) is 26.2 Å². The second-order valence-electron chi connectivity index (χ2n) is 7.17. The Balaban J connectivity index is 1.61. The fraction of sp³-hybridized carbons (Fsp3) is 0.450. The Kier molecular flexibility index (Phi) is 6.32. The number of hydrogen-bond acceptors (Lipinski definition) is 4. The molecule has 0 unspecified atom stereocenters. The quantitative estimate of drug-likeness (QED) is 0.734. The predicted molar refractivity (Wildman–Crippen MR) is 113 cm³/mol. The van der Waals surface area contributed by atoms with Crippen LogP contribution in [0.5, 0.6) is 0 Å². The van der Waals surface area contributed by atoms with E-state index in [-0.39, 0.29) is 23.7 Å². The van der Waals surface area contributed by atoms with Gasteiger partial charge in [-0.15, -0.1) is 11.3 Å². The van der Waals surface area contributed by atoms with Crippen LogP contribution in [0, 0.1) is 18.8 Å². The number of carbonyl (C=O) groups is 2. The van der Waals surface area contributed by atoms with E-state index in [4.69, 9.17) is 0 Å². The van der Waals surface area contributed by atoms with Crippen molar-refractivity contribution in [3.63, 3.8) is 0 Å². The van der Waals surface area contributed by atoms with Crippen LogP contribution in [-0.4, -0.2) is 34.8 Å². The normalized spacial score (nSPS) is 15.2. The smallest absolute Gasteiger partial charge is 0.229 e. The van der Waals surface area contributed by atoms with Gasteiger partial charge in [-0.05, 0) is 31.9 Å². The van der Waals surface area contributed by atoms with E-state index in [0.717, 1.165) is 20.6 Å². The van der Waals surface area contributed by atoms with Crippen LogP contribution in [0.15, 0.2) is 28.7 Å². The number of hydrogen-bond donors (Lipinski definition) is 1. The minimum atomic E-state index is -0.0680. The first-order chi connectivity index (χ1) is 12.8. The summed E-state index contributed by atoms with van der Waals surface area (Å²) < 4.78 is 1.02. The van der Waals surface area contributed by atoms with Crippen molar-refractivity contribution in [2.45, 2.75) is 33.6 Å². The van der Waals surface area contributed by atoms with Crippen LogP contribution in [0.1, 0.15) is 31.6 Å². The van der Waals surface area contributed by atoms with Crippen molar-refractivity contribution in [1.82, 2.24) is 9.88 Å². The number of rotatable bonds is 4. The lowest BCUT2D eigenvalue weighted by Gasteiger charge is -2.32. The molecule has 2 heterocycles. The summed E-state index contributed by atoms with van der Waals surface area (Å²) in [6, 6.07) is 8.00. The summed E-state index contributed by atoms with van der Waals surface area (Å²) in [6.45, 7) is 7.14. The van der Waals surface area contributed by atoms with Gasteiger partial charge in [0, 0.05) is 39.8 Å². The van der Waals surface area contributed by atoms with Crippen molar-refractivity contribution in [3.8, 4) is 11.3 Å². The number of halogens is 1. The van der Waals surface area contributed by atoms with Gasteiger partial charge in [0.05, 0.1) is 5.69 Å². The molecule has 0 atom stereocenters. The summed E-state index contributed by atoms with van der Waals surface area (Å²) in [7, 11) is 0. The average Bonchev–Trinajstić information content (AvgIpc) is 3.01. The minimum Gasteiger partial charge on any atom is -0.342 e. The number of benzene rings is 1. The van der Waals surface area contributed by atoms with Crippen molar-refractivity contribution >= 4 is 44.2 Å². The van der Waals surface area contributed by atoms with Gasteiger partial charge in [-0.25, -0.2) is 4.98 Å². The van der Waals surface area contributed by atoms with E-state index in [9.17, 15) is 9.59 Å². The zero-order valence-corrected chi connectivity index (χ0v) is 18.2. The SMILES string of the molecule is Cc1sc(NC(=O)C2CCN(C(=O)C(C)C)CC2)nc1-c1ccc(Br)cc1. The first-order valence-corrected chi connectivity index (χ1v) is 10.8. The van der Waals surface area contributed by atoms with Crippen LogP contribution in [0.2, 0.25) is 0 Å². The highest BCUT2D eigenvalue weighted by Gasteiger charge is 2.28. The number of aromatic nitrogens is 1. The third kappa shape index (κ3) is 4.76. The molecule has 0 saturated carbocycles. The maximum Gasteiger partial charge on any atom is 0.229 e. The molecule has 7 heteroatoms. The topological polar surface area (TPSA) is 62.3 Å². The van der Waals surface area contributed by atoms with E-state index in [1.807, 2.05) is 49.9 Å². The van der Waals surface area contributed by atoms with E-state index in [1.165, 1.54) is 11.3 Å². The van der Waals surface area contributed by atoms with Gasteiger partial charge in [0.15, 0.2) is 5.13 Å². The number of thiazole rings is 1. The largest absolute Gasteiger partial charge is 0.342 e. The standard InChI is InChI=1S/C20H24BrN3O2S/c1-12(2)19(26)24-10-8-15(9-11-24)18(25)23-20-22-17(13(3)27-20)14-4-6-16(21)7-5-14/h4-7,12,15H,8-11H2,1-3H3,(H,22,23,25). The molecule has 2 aromatic rings. The van der Waals surface area contributed by atoms with Crippen molar-refractivity contribution in [2.24, 2.45) is 11.8 Å². The number of aryl methyl sites for hydroxylation is 1. The molecule has 27 heavy (non-hydrogen) atoms. The third-order valence-electron chi connectivity index (χ3n) is 4.82. The number of amides is 2. The third-order valence-corrected chi connectivity index (χ3v) is 6.23. The first-order valence-electron chi connectivity index (χ1n) is 9.18. The minimum absolute atomic E-state index is 0.00255. The van der Waals surface area contributed by atoms with Gasteiger partial charge in [-0.1, -0.05) is 41.9 Å². The van der Waals surface area contributed by atoms with Gasteiger partial charge in [0.1, 0.15) is 0 Å². The number of likely N-dealkylation sites (tertiary alicyclic amines) is 1. The highest BCUT2D eigenvalue weighted by molar-refractivity contribution is 9.10. The lowest BCUT2D eigenvalue weighted by molar-refractivity contribution is -0.137. The molecule has 1 aromatic carbocycles. The van der Waals surface area contributed by atoms with Gasteiger partial charge in [-0.3, -0.25) is 9.59 Å². The summed E-state index contributed by atoms with van der Waals surface area (Å²) in [5.41, 5.74) is 1.94. The monoisotopic (exact) mass is 449 g/mol. The highest BCUT2D eigenvalue weighted by Crippen LogP contribution is 2.31. The number of piperidine rings is 1. The Labute approximate surface area is 172 Å². The Hall–Kier alpha value is -1.73. The lowest BCUT2D eigenvalue weighted by atomic mass is 9.95. The van der Waals surface area contributed by atoms with E-state index in [0.29, 0.717) is 31.1 Å². The molecule has 5 nitrogen and oxygen atoms in total. The highest BCUT2D eigenvalue weighted by atomic mass is 79.9. The van der Waals surface area contributed by atoms with Crippen LogP contribution in [-0.2, 0) is 9.59 Å². The maximum absolute atomic E-state index is 12.6. The molecule has 0 radical (unpaired) electrons. The molecule has 1 aliphatic heterocycles. The molecule has 144 valence electrons. The van der Waals surface area contributed by atoms with E-state index in [1.54, 1.807) is 0 Å². The Morgan fingerprint density at radius 2 is 1.85 bits per heavy atom. The fourth-order valence-corrected chi connectivity index (χ4v) is 4.36. The zero-order valence-electron chi connectivity index (χ0n) is 15.8. The number of anilines is 1. The summed E-state index contributed by atoms with van der Waals surface area (Å²) in [5, 5.41) is 3.61. The summed E-state index contributed by atoms with van der Waals surface area (Å²) >= 11 is 4.94. The number of nitrogens with one attached hydrogen (secondary N) is 1. The van der Waals surface area contributed by atoms with Crippen molar-refractivity contribution in [2.75, 3.05) is 18.4 Å². The van der Waals surface area contributed by atoms with Crippen LogP contribution < -0.4 is 5.32 Å². The van der Waals surface area contributed by atoms with Gasteiger partial charge in [-0.2, -0.15) is 0 Å². The zero-order chi connectivity index (χ0) is 19.6. The predicted octanol–water partition coefficient (Wildman–Crippen LogP) is 4.71. The molecular weight excluding hydrogens is 426 g/mol. The van der Waals surface area contributed by atoms with Gasteiger partial charge >= 0.3 is 0 Å². The first kappa shape index (κ1) is 20.0. The van der Waals surface area contributed by atoms with Crippen LogP contribution >= 0.6 is 27.3 Å². The molecule has 2 amide bonds. The molecule has 1 saturated heterocycles. The molecule has 0 spiro atoms. The molecule has 1 fully saturated rings. The van der Waals surface area contributed by atoms with Crippen molar-refractivity contribution in [1.29, 1.82) is 0 Å². The molecule has 0 bridgehead atoms. The van der Waals surface area contributed by atoms with Crippen LogP contribution in [0.25, 0.3) is 11.3 Å². The lowest BCUT2D eigenvalue weighted by Crippen LogP contribution is -2.43. The molecule has 0 aliphatic carbocycles. The average molecular weight is 450 g/mol. The maximum atomic E-state index is 12.6. The van der Waals surface area contributed by atoms with E-state index < -0.39 is 0 Å². The van der Waals surface area contributed by atoms with Gasteiger partial charge in [0.2, 0.25) is 11.8 Å². The van der Waals surface area contributed by atoms with Crippen LogP contribution in [0.4, 0.5) is 5.13 Å². The molecule has 1 N–H and O–H groups in total.